The highest BCUT2D eigenvalue weighted by Gasteiger charge is 2.43. The van der Waals surface area contributed by atoms with Gasteiger partial charge in [-0.05, 0) is 80.0 Å². The lowest BCUT2D eigenvalue weighted by Gasteiger charge is -2.33. The summed E-state index contributed by atoms with van der Waals surface area (Å²) in [7, 11) is 1.47. The predicted molar refractivity (Wildman–Crippen MR) is 258 cm³/mol. The Hall–Kier alpha value is -6.13. The van der Waals surface area contributed by atoms with Gasteiger partial charge in [-0.15, -0.1) is 0 Å². The third-order valence-corrected chi connectivity index (χ3v) is 13.2. The van der Waals surface area contributed by atoms with E-state index in [0.29, 0.717) is 24.8 Å². The number of ether oxygens (including phenoxy) is 1. The standard InChI is InChI=1S/C52H74N6O11/c1-9-32(6)45-52(68)69-33(7)46(56-47(63)36(19-22-44(53)62)28-39(60)24-30(2)3)49(65)54-40(25-31(4)5)51(67)58-23-13-16-41(58)43(61)29-37(26-34-14-11-10-12-15-34)50(66)57(8)42(48(64)55-45)27-35-17-20-38(59)21-18-35/h10-12,14-15,17-18,20-21,30-33,36-37,40-42,45-46,59H,9,13,16,19,22-29H2,1-8H3,(H2,53,62)(H,54,65)(H,55,64)(H,56,63)/t32?,33-,36-,37-,40+,41-,42+,45+,46+/m1/s1. The lowest BCUT2D eigenvalue weighted by atomic mass is 9.89. The van der Waals surface area contributed by atoms with E-state index in [4.69, 9.17) is 10.5 Å². The molecule has 0 bridgehead atoms. The number of phenolic OH excluding ortho intramolecular Hbond substituents is 1. The van der Waals surface area contributed by atoms with Crippen LogP contribution in [0.2, 0.25) is 0 Å². The molecule has 2 aromatic carbocycles. The molecule has 0 aromatic heterocycles. The number of benzene rings is 2. The molecule has 2 heterocycles. The Labute approximate surface area is 406 Å². The van der Waals surface area contributed by atoms with Gasteiger partial charge in [-0.25, -0.2) is 4.79 Å². The lowest BCUT2D eigenvalue weighted by Crippen LogP contribution is -2.60. The Morgan fingerprint density at radius 2 is 1.51 bits per heavy atom. The number of nitrogens with one attached hydrogen (secondary N) is 3. The van der Waals surface area contributed by atoms with E-state index in [-0.39, 0.29) is 87.1 Å². The number of carbonyl (C=O) groups is 9. The van der Waals surface area contributed by atoms with Gasteiger partial charge in [0.15, 0.2) is 5.78 Å². The van der Waals surface area contributed by atoms with Crippen LogP contribution in [0.4, 0.5) is 0 Å². The molecular weight excluding hydrogens is 885 g/mol. The van der Waals surface area contributed by atoms with Gasteiger partial charge in [0.05, 0.1) is 6.04 Å². The third kappa shape index (κ3) is 16.2. The summed E-state index contributed by atoms with van der Waals surface area (Å²) >= 11 is 0. The van der Waals surface area contributed by atoms with Crippen molar-refractivity contribution in [3.05, 3.63) is 65.7 Å². The Balaban J connectivity index is 1.87. The Kier molecular flexibility index (Phi) is 20.9. The van der Waals surface area contributed by atoms with Crippen molar-refractivity contribution in [3.8, 4) is 5.75 Å². The van der Waals surface area contributed by atoms with Crippen LogP contribution in [0.25, 0.3) is 0 Å². The van der Waals surface area contributed by atoms with Crippen molar-refractivity contribution < 1.29 is 53.0 Å². The minimum Gasteiger partial charge on any atom is -0.508 e. The second-order valence-corrected chi connectivity index (χ2v) is 19.8. The molecule has 2 fully saturated rings. The fourth-order valence-corrected chi connectivity index (χ4v) is 9.11. The molecular formula is C52H74N6O11. The van der Waals surface area contributed by atoms with Crippen molar-refractivity contribution in [3.63, 3.8) is 0 Å². The van der Waals surface area contributed by atoms with E-state index < -0.39 is 95.5 Å². The topological polar surface area (TPSA) is 252 Å². The normalized spacial score (nSPS) is 24.3. The van der Waals surface area contributed by atoms with Crippen LogP contribution in [0.5, 0.6) is 5.75 Å². The Morgan fingerprint density at radius 3 is 2.12 bits per heavy atom. The molecule has 17 nitrogen and oxygen atoms in total. The quantitative estimate of drug-likeness (QED) is 0.142. The number of carbonyl (C=O) groups excluding carboxylic acids is 9. The van der Waals surface area contributed by atoms with E-state index in [1.807, 2.05) is 58.0 Å². The molecule has 1 unspecified atom stereocenters. The second-order valence-electron chi connectivity index (χ2n) is 19.8. The number of ketones is 2. The molecule has 0 spiro atoms. The summed E-state index contributed by atoms with van der Waals surface area (Å²) in [6, 6.07) is 8.89. The van der Waals surface area contributed by atoms with Crippen LogP contribution in [-0.2, 0) is 60.7 Å². The molecule has 0 radical (unpaired) electrons. The number of nitrogens with two attached hydrogens (primary N) is 1. The first-order valence-corrected chi connectivity index (χ1v) is 24.4. The number of Topliss-reactive ketones (excluding diaryl/α,β-unsaturated/α-hetero) is 2. The van der Waals surface area contributed by atoms with Crippen LogP contribution < -0.4 is 21.7 Å². The number of amides is 6. The Bertz CT molecular complexity index is 2130. The van der Waals surface area contributed by atoms with E-state index >= 15 is 0 Å². The van der Waals surface area contributed by atoms with Crippen molar-refractivity contribution in [1.82, 2.24) is 25.8 Å². The minimum absolute atomic E-state index is 0.0118. The summed E-state index contributed by atoms with van der Waals surface area (Å²) in [4.78, 5) is 130. The summed E-state index contributed by atoms with van der Waals surface area (Å²) in [6.45, 7) is 12.5. The zero-order chi connectivity index (χ0) is 51.1. The van der Waals surface area contributed by atoms with Crippen LogP contribution in [0.1, 0.15) is 117 Å². The van der Waals surface area contributed by atoms with Gasteiger partial charge in [0, 0.05) is 57.5 Å². The number of phenols is 1. The summed E-state index contributed by atoms with van der Waals surface area (Å²) in [5, 5.41) is 18.4. The van der Waals surface area contributed by atoms with Crippen LogP contribution in [0.3, 0.4) is 0 Å². The fraction of sp³-hybridized carbons (Fsp3) is 0.596. The largest absolute Gasteiger partial charge is 0.508 e. The molecule has 0 saturated carbocycles. The second kappa shape index (κ2) is 26.0. The number of hydrogen-bond acceptors (Lipinski definition) is 11. The first kappa shape index (κ1) is 55.5. The van der Waals surface area contributed by atoms with Crippen LogP contribution >= 0.6 is 0 Å². The van der Waals surface area contributed by atoms with E-state index in [1.54, 1.807) is 26.0 Å². The van der Waals surface area contributed by atoms with E-state index in [0.717, 1.165) is 5.56 Å². The number of hydrogen-bond donors (Lipinski definition) is 5. The van der Waals surface area contributed by atoms with E-state index in [1.165, 1.54) is 35.9 Å². The molecule has 6 N–H and O–H groups in total. The lowest BCUT2D eigenvalue weighted by molar-refractivity contribution is -0.158. The van der Waals surface area contributed by atoms with Gasteiger partial charge in [-0.3, -0.25) is 38.4 Å². The molecule has 17 heteroatoms. The highest BCUT2D eigenvalue weighted by Crippen LogP contribution is 2.27. The maximum Gasteiger partial charge on any atom is 0.329 e. The van der Waals surface area contributed by atoms with Crippen molar-refractivity contribution in [2.24, 2.45) is 35.3 Å². The SMILES string of the molecule is CCC(C)[C@@H]1NC(=O)[C@H](Cc2ccc(O)cc2)N(C)C(=O)[C@H](Cc2ccccc2)CC(=O)[C@H]2CCCN2C(=O)[C@H](CC(C)C)NC(=O)[C@@H](NC(=O)[C@H](CCC(N)=O)CC(=O)CC(C)C)[C@@H](C)OC1=O. The van der Waals surface area contributed by atoms with Crippen LogP contribution in [0, 0.1) is 29.6 Å². The zero-order valence-corrected chi connectivity index (χ0v) is 41.5. The molecule has 2 saturated heterocycles. The highest BCUT2D eigenvalue weighted by molar-refractivity contribution is 5.98. The molecule has 9 atom stereocenters. The molecule has 69 heavy (non-hydrogen) atoms. The van der Waals surface area contributed by atoms with Gasteiger partial charge in [0.2, 0.25) is 35.4 Å². The number of nitrogens with zero attached hydrogens (tertiary/aromatic N) is 2. The third-order valence-electron chi connectivity index (χ3n) is 13.2. The number of cyclic esters (lactones) is 1. The molecule has 378 valence electrons. The first-order valence-electron chi connectivity index (χ1n) is 24.4. The van der Waals surface area contributed by atoms with Gasteiger partial charge in [-0.1, -0.05) is 90.4 Å². The molecule has 6 amide bonds. The number of fused-ring (bicyclic) bond motifs is 1. The van der Waals surface area contributed by atoms with E-state index in [9.17, 15) is 48.3 Å². The fourth-order valence-electron chi connectivity index (χ4n) is 9.11. The van der Waals surface area contributed by atoms with Gasteiger partial charge in [-0.2, -0.15) is 0 Å². The van der Waals surface area contributed by atoms with Gasteiger partial charge < -0.3 is 41.3 Å². The van der Waals surface area contributed by atoms with E-state index in [2.05, 4.69) is 16.0 Å². The van der Waals surface area contributed by atoms with Gasteiger partial charge in [0.25, 0.3) is 0 Å². The van der Waals surface area contributed by atoms with Crippen molar-refractivity contribution in [1.29, 1.82) is 0 Å². The number of aromatic hydroxyl groups is 1. The smallest absolute Gasteiger partial charge is 0.329 e. The van der Waals surface area contributed by atoms with Gasteiger partial charge >= 0.3 is 5.97 Å². The van der Waals surface area contributed by atoms with Crippen molar-refractivity contribution in [2.45, 2.75) is 155 Å². The molecule has 2 aromatic rings. The monoisotopic (exact) mass is 959 g/mol. The number of primary amides is 1. The number of likely N-dealkylation sites (N-methyl/N-ethyl adjacent to an activating group) is 1. The molecule has 2 aliphatic rings. The van der Waals surface area contributed by atoms with Crippen LogP contribution in [-0.4, -0.2) is 118 Å². The summed E-state index contributed by atoms with van der Waals surface area (Å²) in [5.41, 5.74) is 6.80. The average Bonchev–Trinajstić information content (AvgIpc) is 3.79. The summed E-state index contributed by atoms with van der Waals surface area (Å²) in [5.74, 6) is -8.51. The summed E-state index contributed by atoms with van der Waals surface area (Å²) in [6.07, 6.45) is -0.772. The maximum atomic E-state index is 14.9. The maximum absolute atomic E-state index is 14.9. The molecule has 2 aliphatic heterocycles. The van der Waals surface area contributed by atoms with Crippen LogP contribution in [0.15, 0.2) is 54.6 Å². The van der Waals surface area contributed by atoms with Gasteiger partial charge in [0.1, 0.15) is 41.8 Å². The highest BCUT2D eigenvalue weighted by atomic mass is 16.5. The number of esters is 1. The number of rotatable bonds is 17. The Morgan fingerprint density at radius 1 is 0.855 bits per heavy atom. The zero-order valence-electron chi connectivity index (χ0n) is 41.5. The predicted octanol–water partition coefficient (Wildman–Crippen LogP) is 3.95. The first-order chi connectivity index (χ1) is 32.6. The van der Waals surface area contributed by atoms with Crippen molar-refractivity contribution >= 4 is 53.0 Å². The minimum atomic E-state index is -1.66. The average molecular weight is 959 g/mol. The summed E-state index contributed by atoms with van der Waals surface area (Å²) < 4.78 is 6.00. The van der Waals surface area contributed by atoms with Crippen molar-refractivity contribution in [2.75, 3.05) is 13.6 Å². The molecule has 0 aliphatic carbocycles. The molecule has 4 rings (SSSR count).